The molecule has 2 aromatic rings. The first-order valence-electron chi connectivity index (χ1n) is 9.61. The number of rotatable bonds is 5. The standard InChI is InChI=1S/C16H21N3O2/c1-19(2)6-5-12-9-17-15-4-3-11(8-14(12)15)7-13-10-21-16(20)18-13/h3-4,8-9,13,17H,5-7,10H2,1-2H3,(H,18,20)/t13-/m0/s1/i6D2,9D,13D/hD2. The fourth-order valence-electron chi connectivity index (χ4n) is 2.26. The molecule has 2 N–H and O–H groups in total. The van der Waals surface area contributed by atoms with Crippen LogP contribution in [0.2, 0.25) is 2.82 Å². The van der Waals surface area contributed by atoms with Crippen molar-refractivity contribution in [2.75, 3.05) is 27.2 Å². The fraction of sp³-hybridized carbons (Fsp3) is 0.438. The van der Waals surface area contributed by atoms with E-state index in [0.29, 0.717) is 27.3 Å². The zero-order valence-electron chi connectivity index (χ0n) is 18.0. The second kappa shape index (κ2) is 5.77. The van der Waals surface area contributed by atoms with Crippen molar-refractivity contribution in [1.82, 2.24) is 15.2 Å². The Kier molecular flexibility index (Phi) is 2.32. The minimum absolute atomic E-state index is 0.0503. The van der Waals surface area contributed by atoms with Gasteiger partial charge in [-0.1, -0.05) is 6.07 Å². The van der Waals surface area contributed by atoms with Crippen LogP contribution in [0.25, 0.3) is 10.9 Å². The summed E-state index contributed by atoms with van der Waals surface area (Å²) in [7, 11) is 3.22. The van der Waals surface area contributed by atoms with Gasteiger partial charge in [0.15, 0.2) is 2.82 Å². The lowest BCUT2D eigenvalue weighted by molar-refractivity contribution is 0.177. The number of carbonyl (C=O) groups is 1. The van der Waals surface area contributed by atoms with Gasteiger partial charge in [0, 0.05) is 26.3 Å². The molecule has 1 aromatic carbocycles. The van der Waals surface area contributed by atoms with Crippen LogP contribution in [-0.4, -0.2) is 49.2 Å². The van der Waals surface area contributed by atoms with Crippen molar-refractivity contribution in [1.29, 1.82) is 0 Å². The van der Waals surface area contributed by atoms with Crippen molar-refractivity contribution in [3.8, 4) is 0 Å². The normalized spacial score (nSPS) is 27.0. The van der Waals surface area contributed by atoms with Crippen LogP contribution in [0.4, 0.5) is 4.79 Å². The summed E-state index contributed by atoms with van der Waals surface area (Å²) in [5.41, 5.74) is 1.51. The molecule has 21 heavy (non-hydrogen) atoms. The number of nitrogens with zero attached hydrogens (tertiary/aromatic N) is 1. The molecule has 0 bridgehead atoms. The summed E-state index contributed by atoms with van der Waals surface area (Å²) >= 11 is 0. The Labute approximate surface area is 132 Å². The number of H-pyrrole nitrogens is 1. The van der Waals surface area contributed by atoms with Gasteiger partial charge in [-0.15, -0.1) is 0 Å². The first-order valence-corrected chi connectivity index (χ1v) is 6.72. The number of benzene rings is 1. The molecule has 5 heteroatoms. The minimum atomic E-state index is -1.69. The van der Waals surface area contributed by atoms with Crippen LogP contribution in [-0.2, 0) is 17.6 Å². The maximum Gasteiger partial charge on any atom is 0.407 e. The number of aryl methyl sites for hydroxylation is 1. The third kappa shape index (κ3) is 3.19. The highest BCUT2D eigenvalue weighted by molar-refractivity contribution is 5.84. The molecule has 5 nitrogen and oxygen atoms in total. The molecule has 0 saturated carbocycles. The van der Waals surface area contributed by atoms with Crippen LogP contribution < -0.4 is 5.31 Å². The Balaban J connectivity index is 2.02. The first-order chi connectivity index (χ1) is 12.5. The van der Waals surface area contributed by atoms with E-state index in [0.717, 1.165) is 4.98 Å². The Morgan fingerprint density at radius 3 is 3.19 bits per heavy atom. The topological polar surface area (TPSA) is 57.4 Å². The van der Waals surface area contributed by atoms with Crippen LogP contribution in [0.3, 0.4) is 0 Å². The number of amides is 1. The van der Waals surface area contributed by atoms with Gasteiger partial charge in [0.1, 0.15) is 6.61 Å². The van der Waals surface area contributed by atoms with Gasteiger partial charge in [0.05, 0.1) is 8.76 Å². The van der Waals surface area contributed by atoms with E-state index in [1.165, 1.54) is 4.90 Å². The Bertz CT molecular complexity index is 900. The lowest BCUT2D eigenvalue weighted by Crippen LogP contribution is -2.28. The molecule has 1 saturated heterocycles. The van der Waals surface area contributed by atoms with Crippen molar-refractivity contribution < 1.29 is 17.8 Å². The number of fused-ring (bicyclic) bond motifs is 1. The van der Waals surface area contributed by atoms with E-state index in [2.05, 4.69) is 0 Å². The summed E-state index contributed by atoms with van der Waals surface area (Å²) in [5.74, 6) is 0. The summed E-state index contributed by atoms with van der Waals surface area (Å²) in [6, 6.07) is 3.48. The second-order valence-electron chi connectivity index (χ2n) is 5.19. The van der Waals surface area contributed by atoms with Crippen LogP contribution in [0, 0.1) is 0 Å². The third-order valence-electron chi connectivity index (χ3n) is 3.29. The highest BCUT2D eigenvalue weighted by Crippen LogP contribution is 2.21. The average Bonchev–Trinajstić information content (AvgIpc) is 2.98. The van der Waals surface area contributed by atoms with Gasteiger partial charge in [0.25, 0.3) is 0 Å². The monoisotopic (exact) mass is 293 g/mol. The van der Waals surface area contributed by atoms with Crippen LogP contribution in [0.1, 0.15) is 16.6 Å². The number of cyclic esters (lactones) is 1. The van der Waals surface area contributed by atoms with Crippen LogP contribution in [0.15, 0.2) is 24.4 Å². The summed E-state index contributed by atoms with van der Waals surface area (Å²) in [5, 5.41) is 1.07. The number of ether oxygens (including phenoxy) is 1. The maximum absolute atomic E-state index is 11.4. The van der Waals surface area contributed by atoms with E-state index in [-0.39, 0.29) is 25.6 Å². The lowest BCUT2D eigenvalue weighted by atomic mass is 10.0. The highest BCUT2D eigenvalue weighted by Gasteiger charge is 2.22. The van der Waals surface area contributed by atoms with Crippen molar-refractivity contribution in [2.45, 2.75) is 18.9 Å². The van der Waals surface area contributed by atoms with E-state index in [1.54, 1.807) is 32.3 Å². The number of aromatic nitrogens is 1. The smallest absolute Gasteiger partial charge is 0.407 e. The Morgan fingerprint density at radius 1 is 1.62 bits per heavy atom. The third-order valence-corrected chi connectivity index (χ3v) is 3.29. The Morgan fingerprint density at radius 2 is 2.48 bits per heavy atom. The molecule has 1 aliphatic heterocycles. The quantitative estimate of drug-likeness (QED) is 0.885. The molecule has 0 unspecified atom stereocenters. The SMILES string of the molecule is [2H]c1c(CC([2H])([2H])N(C)C)c2cc(C[C@@]3([2H])COC(=O)N3[2H])ccc2n1[2H]. The van der Waals surface area contributed by atoms with E-state index >= 15 is 0 Å². The van der Waals surface area contributed by atoms with E-state index in [1.807, 2.05) is 0 Å². The predicted octanol–water partition coefficient (Wildman–Crippen LogP) is 1.92. The van der Waals surface area contributed by atoms with Crippen LogP contribution in [0.5, 0.6) is 0 Å². The fourth-order valence-corrected chi connectivity index (χ4v) is 2.26. The van der Waals surface area contributed by atoms with Gasteiger partial charge >= 0.3 is 6.09 Å². The lowest BCUT2D eigenvalue weighted by Gasteiger charge is -2.09. The number of likely N-dealkylation sites (N-methyl/N-ethyl adjacent to an activating group) is 1. The van der Waals surface area contributed by atoms with Crippen molar-refractivity contribution in [3.63, 3.8) is 0 Å². The summed E-state index contributed by atoms with van der Waals surface area (Å²) in [4.78, 5) is 13.8. The summed E-state index contributed by atoms with van der Waals surface area (Å²) in [6.07, 6.45) is -0.968. The first kappa shape index (κ1) is 8.44. The van der Waals surface area contributed by atoms with Crippen LogP contribution >= 0.6 is 0 Å². The summed E-state index contributed by atoms with van der Waals surface area (Å²) < 4.78 is 53.3. The molecule has 1 fully saturated rings. The molecule has 1 aromatic heterocycles. The molecule has 0 spiro atoms. The van der Waals surface area contributed by atoms with Gasteiger partial charge in [-0.2, -0.15) is 0 Å². The van der Waals surface area contributed by atoms with Gasteiger partial charge in [-0.25, -0.2) is 4.79 Å². The molecule has 0 radical (unpaired) electrons. The zero-order chi connectivity index (χ0) is 20.1. The van der Waals surface area contributed by atoms with E-state index in [9.17, 15) is 4.79 Å². The van der Waals surface area contributed by atoms with Crippen molar-refractivity contribution in [2.24, 2.45) is 0 Å². The molecule has 2 heterocycles. The molecule has 112 valence electrons. The maximum atomic E-state index is 11.4. The molecular weight excluding hydrogens is 266 g/mol. The molecule has 1 amide bonds. The number of aromatic amines is 1. The number of hydrogen-bond donors (Lipinski definition) is 2. The number of alkyl carbamates (subject to hydrolysis) is 1. The molecule has 0 aliphatic carbocycles. The zero-order valence-corrected chi connectivity index (χ0v) is 12.0. The minimum Gasteiger partial charge on any atom is -0.447 e. The molecule has 1 aliphatic rings. The predicted molar refractivity (Wildman–Crippen MR) is 82.5 cm³/mol. The van der Waals surface area contributed by atoms with E-state index < -0.39 is 18.6 Å². The van der Waals surface area contributed by atoms with Gasteiger partial charge < -0.3 is 19.9 Å². The largest absolute Gasteiger partial charge is 0.447 e. The van der Waals surface area contributed by atoms with E-state index in [4.69, 9.17) is 13.0 Å². The Hall–Kier alpha value is -2.01. The van der Waals surface area contributed by atoms with Gasteiger partial charge in [-0.3, -0.25) is 0 Å². The molecular formula is C16H21N3O2. The molecule has 1 atom stereocenters. The summed E-state index contributed by atoms with van der Waals surface area (Å²) in [6.45, 7) is -1.91. The van der Waals surface area contributed by atoms with Crippen molar-refractivity contribution >= 4 is 17.0 Å². The van der Waals surface area contributed by atoms with Crippen molar-refractivity contribution in [3.05, 3.63) is 35.5 Å². The number of nitrogens with one attached hydrogen (secondary N) is 2. The van der Waals surface area contributed by atoms with Gasteiger partial charge in [-0.05, 0) is 50.2 Å². The number of carbonyl (C=O) groups excluding carboxylic acids is 1. The van der Waals surface area contributed by atoms with Gasteiger partial charge in [0.2, 0.25) is 0 Å². The highest BCUT2D eigenvalue weighted by atomic mass is 16.6. The average molecular weight is 293 g/mol. The molecule has 3 rings (SSSR count). The number of hydrogen-bond acceptors (Lipinski definition) is 3. The second-order valence-corrected chi connectivity index (χ2v) is 5.19.